The van der Waals surface area contributed by atoms with E-state index >= 15 is 0 Å². The maximum atomic E-state index is 12.6. The summed E-state index contributed by atoms with van der Waals surface area (Å²) in [4.78, 5) is 31.1. The van der Waals surface area contributed by atoms with E-state index in [2.05, 4.69) is 4.98 Å². The number of hydrogen-bond acceptors (Lipinski definition) is 5. The summed E-state index contributed by atoms with van der Waals surface area (Å²) in [6.07, 6.45) is 2.34. The van der Waals surface area contributed by atoms with Crippen molar-refractivity contribution in [2.45, 2.75) is 46.6 Å². The number of imidazole rings is 1. The Morgan fingerprint density at radius 1 is 1.23 bits per heavy atom. The fraction of sp³-hybridized carbons (Fsp3) is 0.706. The molecule has 0 aliphatic carbocycles. The standard InChI is InChI=1S/C17H26BIN3O4/c1-11(2)9-25-16(23)21-7-5-6-13(21)15-20-8-14(19-18)22(15)17(24)26-10-12(3)4/h8,11-13H,5-7,9-10H2,1-4H3/q-1/t13-/m0/s1. The Labute approximate surface area is 166 Å². The van der Waals surface area contributed by atoms with E-state index in [-0.39, 0.29) is 24.0 Å². The third-order valence-electron chi connectivity index (χ3n) is 3.91. The van der Waals surface area contributed by atoms with Gasteiger partial charge in [-0.25, -0.2) is 0 Å². The Morgan fingerprint density at radius 2 is 1.85 bits per heavy atom. The second kappa shape index (κ2) is 9.61. The van der Waals surface area contributed by atoms with Crippen LogP contribution in [-0.4, -0.2) is 52.1 Å². The van der Waals surface area contributed by atoms with E-state index in [0.717, 1.165) is 12.8 Å². The van der Waals surface area contributed by atoms with Crippen LogP contribution in [0.5, 0.6) is 0 Å². The van der Waals surface area contributed by atoms with Gasteiger partial charge in [0.2, 0.25) is 0 Å². The van der Waals surface area contributed by atoms with Gasteiger partial charge >= 0.3 is 166 Å². The molecule has 2 rings (SSSR count). The van der Waals surface area contributed by atoms with Gasteiger partial charge in [0.25, 0.3) is 0 Å². The number of hydrogen-bond donors (Lipinski definition) is 0. The molecule has 0 bridgehead atoms. The molecule has 26 heavy (non-hydrogen) atoms. The van der Waals surface area contributed by atoms with Crippen LogP contribution in [0.15, 0.2) is 6.20 Å². The Bertz CT molecular complexity index is 636. The number of rotatable bonds is 6. The molecule has 0 N–H and O–H groups in total. The molecule has 1 aromatic rings. The fourth-order valence-corrected chi connectivity index (χ4v) is 3.74. The second-order valence-corrected chi connectivity index (χ2v) is 8.90. The van der Waals surface area contributed by atoms with Crippen molar-refractivity contribution in [2.24, 2.45) is 11.8 Å². The molecule has 0 spiro atoms. The molecule has 1 atom stereocenters. The van der Waals surface area contributed by atoms with E-state index in [0.29, 0.717) is 29.3 Å². The Hall–Kier alpha value is -1.26. The summed E-state index contributed by atoms with van der Waals surface area (Å²) < 4.78 is 12.9. The third-order valence-corrected chi connectivity index (χ3v) is 5.31. The minimum atomic E-state index is -0.849. The molecular weight excluding hydrogens is 448 g/mol. The third kappa shape index (κ3) is 5.14. The van der Waals surface area contributed by atoms with Crippen molar-refractivity contribution < 1.29 is 40.1 Å². The Kier molecular flexibility index (Phi) is 7.78. The quantitative estimate of drug-likeness (QED) is 0.422. The van der Waals surface area contributed by atoms with E-state index < -0.39 is 27.1 Å². The van der Waals surface area contributed by atoms with Crippen LogP contribution in [-0.2, 0) is 9.47 Å². The maximum absolute atomic E-state index is 12.6. The minimum absolute atomic E-state index is 0.232. The van der Waals surface area contributed by atoms with Gasteiger partial charge in [-0.15, -0.1) is 0 Å². The van der Waals surface area contributed by atoms with Crippen LogP contribution >= 0.6 is 0 Å². The van der Waals surface area contributed by atoms with Crippen LogP contribution in [0.1, 0.15) is 52.4 Å². The molecule has 144 valence electrons. The van der Waals surface area contributed by atoms with E-state index in [1.807, 2.05) is 27.7 Å². The van der Waals surface area contributed by atoms with Crippen LogP contribution < -0.4 is 21.0 Å². The topological polar surface area (TPSA) is 73.7 Å². The van der Waals surface area contributed by atoms with Gasteiger partial charge in [-0.05, 0) is 0 Å². The molecule has 1 aliphatic heterocycles. The van der Waals surface area contributed by atoms with Crippen LogP contribution in [0.2, 0.25) is 0 Å². The van der Waals surface area contributed by atoms with Gasteiger partial charge in [-0.3, -0.25) is 0 Å². The van der Waals surface area contributed by atoms with Gasteiger partial charge in [0.15, 0.2) is 0 Å². The van der Waals surface area contributed by atoms with Crippen LogP contribution in [0, 0.1) is 15.5 Å². The van der Waals surface area contributed by atoms with Crippen molar-refractivity contribution in [1.29, 1.82) is 0 Å². The first-order valence-corrected chi connectivity index (χ1v) is 11.2. The molecule has 1 aromatic heterocycles. The second-order valence-electron chi connectivity index (χ2n) is 7.18. The van der Waals surface area contributed by atoms with Gasteiger partial charge < -0.3 is 0 Å². The summed E-state index contributed by atoms with van der Waals surface area (Å²) >= 11 is -0.849. The Balaban J connectivity index is 2.22. The number of carbonyl (C=O) groups excluding carboxylic acids is 2. The first kappa shape index (κ1) is 21.0. The molecule has 1 saturated heterocycles. The van der Waals surface area contributed by atoms with Gasteiger partial charge in [0.1, 0.15) is 0 Å². The van der Waals surface area contributed by atoms with Crippen molar-refractivity contribution >= 4 is 17.9 Å². The van der Waals surface area contributed by atoms with Gasteiger partial charge in [-0.1, -0.05) is 0 Å². The van der Waals surface area contributed by atoms with E-state index in [1.54, 1.807) is 11.1 Å². The molecule has 9 heteroatoms. The summed E-state index contributed by atoms with van der Waals surface area (Å²) in [5.41, 5.74) is 5.87. The van der Waals surface area contributed by atoms with E-state index in [1.165, 1.54) is 4.57 Å². The van der Waals surface area contributed by atoms with Crippen LogP contribution in [0.4, 0.5) is 9.59 Å². The first-order chi connectivity index (χ1) is 12.3. The number of ether oxygens (including phenoxy) is 2. The number of aromatic nitrogens is 2. The molecule has 1 aliphatic rings. The molecule has 0 aromatic carbocycles. The summed E-state index contributed by atoms with van der Waals surface area (Å²) in [6, 6.07) is -0.300. The zero-order valence-corrected chi connectivity index (χ0v) is 17.9. The summed E-state index contributed by atoms with van der Waals surface area (Å²) in [6.45, 7) is 9.20. The van der Waals surface area contributed by atoms with Crippen LogP contribution in [0.25, 0.3) is 0 Å². The van der Waals surface area contributed by atoms with Crippen molar-refractivity contribution in [3.63, 3.8) is 0 Å². The normalized spacial score (nSPS) is 17.3. The number of amides is 1. The zero-order valence-electron chi connectivity index (χ0n) is 15.8. The average molecular weight is 474 g/mol. The SMILES string of the molecule is [B][I-]c1cnc([C@@H]2CCCN2C(=O)OCC(C)C)n1C(=O)OCC(C)C. The molecule has 2 heterocycles. The van der Waals surface area contributed by atoms with E-state index in [4.69, 9.17) is 15.2 Å². The number of carbonyl (C=O) groups is 2. The molecule has 0 saturated carbocycles. The van der Waals surface area contributed by atoms with Crippen molar-refractivity contribution in [2.75, 3.05) is 19.8 Å². The summed E-state index contributed by atoms with van der Waals surface area (Å²) in [7, 11) is 0. The molecule has 0 unspecified atom stereocenters. The predicted molar refractivity (Wildman–Crippen MR) is 93.1 cm³/mol. The summed E-state index contributed by atoms with van der Waals surface area (Å²) in [5.74, 6) is 1.01. The monoisotopic (exact) mass is 474 g/mol. The van der Waals surface area contributed by atoms with Crippen LogP contribution in [0.3, 0.4) is 0 Å². The number of halogens is 1. The summed E-state index contributed by atoms with van der Waals surface area (Å²) in [5, 5.41) is 0. The van der Waals surface area contributed by atoms with Crippen molar-refractivity contribution in [1.82, 2.24) is 14.5 Å². The predicted octanol–water partition coefficient (Wildman–Crippen LogP) is -0.205. The molecule has 1 amide bonds. The average Bonchev–Trinajstić information content (AvgIpc) is 3.23. The van der Waals surface area contributed by atoms with E-state index in [9.17, 15) is 9.59 Å². The fourth-order valence-electron chi connectivity index (χ4n) is 2.71. The molecule has 7 nitrogen and oxygen atoms in total. The molecule has 2 radical (unpaired) electrons. The zero-order chi connectivity index (χ0) is 19.3. The number of likely N-dealkylation sites (tertiary alicyclic amines) is 1. The number of nitrogens with zero attached hydrogens (tertiary/aromatic N) is 3. The van der Waals surface area contributed by atoms with Gasteiger partial charge in [-0.2, -0.15) is 0 Å². The Morgan fingerprint density at radius 3 is 2.42 bits per heavy atom. The van der Waals surface area contributed by atoms with Gasteiger partial charge in [0.05, 0.1) is 0 Å². The molecule has 1 fully saturated rings. The molecular formula is C17H26BIN3O4-. The van der Waals surface area contributed by atoms with Crippen molar-refractivity contribution in [3.8, 4) is 0 Å². The first-order valence-electron chi connectivity index (χ1n) is 8.86. The van der Waals surface area contributed by atoms with Crippen molar-refractivity contribution in [3.05, 3.63) is 15.7 Å². The van der Waals surface area contributed by atoms with Gasteiger partial charge in [0, 0.05) is 0 Å².